The number of rotatable bonds is 3. The van der Waals surface area contributed by atoms with Crippen molar-refractivity contribution in [3.8, 4) is 0 Å². The summed E-state index contributed by atoms with van der Waals surface area (Å²) < 4.78 is 0. The first kappa shape index (κ1) is 12.8. The van der Waals surface area contributed by atoms with Gasteiger partial charge in [-0.3, -0.25) is 9.69 Å². The highest BCUT2D eigenvalue weighted by Crippen LogP contribution is 2.25. The van der Waals surface area contributed by atoms with Crippen LogP contribution >= 0.6 is 0 Å². The quantitative estimate of drug-likeness (QED) is 0.793. The topological polar surface area (TPSA) is 49.6 Å². The van der Waals surface area contributed by atoms with Gasteiger partial charge in [-0.15, -0.1) is 0 Å². The number of hydrogen-bond acceptors (Lipinski definition) is 3. The van der Waals surface area contributed by atoms with Crippen LogP contribution in [-0.2, 0) is 4.79 Å². The van der Waals surface area contributed by atoms with Gasteiger partial charge < -0.3 is 10.6 Å². The molecule has 4 heteroatoms. The lowest BCUT2D eigenvalue weighted by Gasteiger charge is -2.50. The van der Waals surface area contributed by atoms with E-state index in [1.807, 2.05) is 11.8 Å². The molecule has 1 amide bonds. The minimum absolute atomic E-state index is 0.0105. The minimum Gasteiger partial charge on any atom is -0.341 e. The van der Waals surface area contributed by atoms with Crippen molar-refractivity contribution in [2.75, 3.05) is 26.2 Å². The number of nitrogens with zero attached hydrogens (tertiary/aromatic N) is 2. The van der Waals surface area contributed by atoms with Crippen molar-refractivity contribution < 1.29 is 4.79 Å². The van der Waals surface area contributed by atoms with Gasteiger partial charge in [-0.2, -0.15) is 0 Å². The molecule has 17 heavy (non-hydrogen) atoms. The van der Waals surface area contributed by atoms with Gasteiger partial charge >= 0.3 is 0 Å². The zero-order valence-electron chi connectivity index (χ0n) is 11.1. The highest BCUT2D eigenvalue weighted by Gasteiger charge is 2.42. The first-order chi connectivity index (χ1) is 8.06. The molecule has 2 aliphatic heterocycles. The lowest BCUT2D eigenvalue weighted by molar-refractivity contribution is -0.140. The fourth-order valence-electron chi connectivity index (χ4n) is 2.79. The van der Waals surface area contributed by atoms with E-state index in [1.165, 1.54) is 6.42 Å². The Hall–Kier alpha value is -0.610. The number of carbonyl (C=O) groups is 1. The van der Waals surface area contributed by atoms with Gasteiger partial charge in [-0.05, 0) is 32.6 Å². The largest absolute Gasteiger partial charge is 0.341 e. The van der Waals surface area contributed by atoms with Crippen LogP contribution in [0, 0.1) is 0 Å². The zero-order valence-corrected chi connectivity index (χ0v) is 11.1. The molecule has 1 atom stereocenters. The Morgan fingerprint density at radius 2 is 1.88 bits per heavy atom. The van der Waals surface area contributed by atoms with Crippen molar-refractivity contribution in [2.45, 2.75) is 51.1 Å². The Balaban J connectivity index is 1.84. The van der Waals surface area contributed by atoms with E-state index in [2.05, 4.69) is 11.8 Å². The third kappa shape index (κ3) is 2.63. The smallest absolute Gasteiger partial charge is 0.239 e. The Labute approximate surface area is 104 Å². The molecule has 2 N–H and O–H groups in total. The van der Waals surface area contributed by atoms with Crippen LogP contribution in [0.2, 0.25) is 0 Å². The molecular weight excluding hydrogens is 214 g/mol. The Kier molecular flexibility index (Phi) is 3.73. The van der Waals surface area contributed by atoms with Crippen LogP contribution in [0.5, 0.6) is 0 Å². The molecule has 2 rings (SSSR count). The second-order valence-electron chi connectivity index (χ2n) is 5.68. The molecule has 0 aromatic heterocycles. The summed E-state index contributed by atoms with van der Waals surface area (Å²) in [5, 5.41) is 0. The molecule has 0 spiro atoms. The summed E-state index contributed by atoms with van der Waals surface area (Å²) in [6.45, 7) is 7.76. The second-order valence-corrected chi connectivity index (χ2v) is 5.68. The van der Waals surface area contributed by atoms with E-state index in [1.54, 1.807) is 0 Å². The van der Waals surface area contributed by atoms with Gasteiger partial charge in [0.15, 0.2) is 0 Å². The highest BCUT2D eigenvalue weighted by atomic mass is 16.2. The molecule has 0 aliphatic carbocycles. The van der Waals surface area contributed by atoms with Crippen LogP contribution in [-0.4, -0.2) is 53.5 Å². The summed E-state index contributed by atoms with van der Waals surface area (Å²) in [5.74, 6) is 0.294. The van der Waals surface area contributed by atoms with Gasteiger partial charge in [0, 0.05) is 31.7 Å². The number of amides is 1. The monoisotopic (exact) mass is 239 g/mol. The van der Waals surface area contributed by atoms with Crippen LogP contribution in [0.4, 0.5) is 0 Å². The summed E-state index contributed by atoms with van der Waals surface area (Å²) >= 11 is 0. The van der Waals surface area contributed by atoms with Gasteiger partial charge in [-0.1, -0.05) is 6.92 Å². The maximum atomic E-state index is 12.3. The standard InChI is InChI=1S/C13H25N3O/c1-3-13(14)9-16(10-13)11(2)12(17)15-7-5-4-6-8-15/h11H,3-10,14H2,1-2H3. The highest BCUT2D eigenvalue weighted by molar-refractivity contribution is 5.81. The molecule has 4 nitrogen and oxygen atoms in total. The molecule has 0 saturated carbocycles. The van der Waals surface area contributed by atoms with Crippen LogP contribution in [0.25, 0.3) is 0 Å². The van der Waals surface area contributed by atoms with E-state index in [0.29, 0.717) is 5.91 Å². The van der Waals surface area contributed by atoms with Gasteiger partial charge in [0.05, 0.1) is 6.04 Å². The minimum atomic E-state index is -0.0452. The van der Waals surface area contributed by atoms with Crippen LogP contribution in [0.15, 0.2) is 0 Å². The molecule has 98 valence electrons. The van der Waals surface area contributed by atoms with Crippen molar-refractivity contribution in [3.05, 3.63) is 0 Å². The number of piperidine rings is 1. The number of likely N-dealkylation sites (tertiary alicyclic amines) is 2. The number of hydrogen-bond donors (Lipinski definition) is 1. The van der Waals surface area contributed by atoms with Crippen LogP contribution in [0.1, 0.15) is 39.5 Å². The molecule has 0 radical (unpaired) electrons. The lowest BCUT2D eigenvalue weighted by atomic mass is 9.87. The summed E-state index contributed by atoms with van der Waals surface area (Å²) in [7, 11) is 0. The maximum Gasteiger partial charge on any atom is 0.239 e. The van der Waals surface area contributed by atoms with Crippen molar-refractivity contribution in [1.29, 1.82) is 0 Å². The zero-order chi connectivity index (χ0) is 12.5. The fraction of sp³-hybridized carbons (Fsp3) is 0.923. The van der Waals surface area contributed by atoms with Crippen molar-refractivity contribution in [3.63, 3.8) is 0 Å². The van der Waals surface area contributed by atoms with Crippen molar-refractivity contribution >= 4 is 5.91 Å². The third-order valence-electron chi connectivity index (χ3n) is 4.31. The number of nitrogens with two attached hydrogens (primary N) is 1. The Bertz CT molecular complexity index is 280. The molecule has 2 saturated heterocycles. The number of carbonyl (C=O) groups excluding carboxylic acids is 1. The van der Waals surface area contributed by atoms with E-state index in [-0.39, 0.29) is 11.6 Å². The van der Waals surface area contributed by atoms with Crippen LogP contribution in [0.3, 0.4) is 0 Å². The maximum absolute atomic E-state index is 12.3. The summed E-state index contributed by atoms with van der Waals surface area (Å²) in [5.41, 5.74) is 6.10. The molecule has 2 aliphatic rings. The van der Waals surface area contributed by atoms with E-state index < -0.39 is 0 Å². The summed E-state index contributed by atoms with van der Waals surface area (Å²) in [6.07, 6.45) is 4.58. The molecule has 2 fully saturated rings. The Morgan fingerprint density at radius 3 is 2.41 bits per heavy atom. The van der Waals surface area contributed by atoms with Crippen LogP contribution < -0.4 is 5.73 Å². The predicted molar refractivity (Wildman–Crippen MR) is 68.7 cm³/mol. The predicted octanol–water partition coefficient (Wildman–Crippen LogP) is 0.811. The first-order valence-corrected chi connectivity index (χ1v) is 6.87. The molecule has 1 unspecified atom stereocenters. The SMILES string of the molecule is CCC1(N)CN(C(C)C(=O)N2CCCCC2)C1. The molecule has 0 aromatic rings. The normalized spacial score (nSPS) is 26.4. The third-order valence-corrected chi connectivity index (χ3v) is 4.31. The summed E-state index contributed by atoms with van der Waals surface area (Å²) in [4.78, 5) is 16.5. The van der Waals surface area contributed by atoms with Gasteiger partial charge in [-0.25, -0.2) is 0 Å². The lowest BCUT2D eigenvalue weighted by Crippen LogP contribution is -2.70. The first-order valence-electron chi connectivity index (χ1n) is 6.87. The summed E-state index contributed by atoms with van der Waals surface area (Å²) in [6, 6.07) is 0.0105. The van der Waals surface area contributed by atoms with E-state index in [4.69, 9.17) is 5.73 Å². The van der Waals surface area contributed by atoms with Crippen molar-refractivity contribution in [2.24, 2.45) is 5.73 Å². The molecule has 2 heterocycles. The van der Waals surface area contributed by atoms with E-state index in [0.717, 1.165) is 45.4 Å². The van der Waals surface area contributed by atoms with Gasteiger partial charge in [0.2, 0.25) is 5.91 Å². The van der Waals surface area contributed by atoms with Gasteiger partial charge in [0.1, 0.15) is 0 Å². The van der Waals surface area contributed by atoms with E-state index >= 15 is 0 Å². The average Bonchev–Trinajstić information content (AvgIpc) is 2.34. The van der Waals surface area contributed by atoms with Crippen molar-refractivity contribution in [1.82, 2.24) is 9.80 Å². The molecule has 0 aromatic carbocycles. The van der Waals surface area contributed by atoms with E-state index in [9.17, 15) is 4.79 Å². The van der Waals surface area contributed by atoms with Gasteiger partial charge in [0.25, 0.3) is 0 Å². The molecule has 0 bridgehead atoms. The average molecular weight is 239 g/mol. The second kappa shape index (κ2) is 4.94. The fourth-order valence-corrected chi connectivity index (χ4v) is 2.79. The Morgan fingerprint density at radius 1 is 1.29 bits per heavy atom. The molecular formula is C13H25N3O.